The summed E-state index contributed by atoms with van der Waals surface area (Å²) in [6.45, 7) is 4.68. The molecule has 3 nitrogen and oxygen atoms in total. The summed E-state index contributed by atoms with van der Waals surface area (Å²) in [5, 5.41) is 3.76. The first-order valence-corrected chi connectivity index (χ1v) is 8.44. The molecule has 1 aromatic rings. The molecule has 0 bridgehead atoms. The topological polar surface area (TPSA) is 27.6 Å². The fourth-order valence-electron chi connectivity index (χ4n) is 4.38. The van der Waals surface area contributed by atoms with Crippen molar-refractivity contribution in [3.05, 3.63) is 35.9 Å². The summed E-state index contributed by atoms with van der Waals surface area (Å²) < 4.78 is 0. The molecule has 1 saturated carbocycles. The van der Waals surface area contributed by atoms with Gasteiger partial charge < -0.3 is 5.32 Å². The van der Waals surface area contributed by atoms with Crippen molar-refractivity contribution in [2.24, 2.45) is 16.8 Å². The van der Waals surface area contributed by atoms with Crippen molar-refractivity contribution in [2.75, 3.05) is 19.6 Å². The molecule has 3 aliphatic rings. The molecule has 1 N–H and O–H groups in total. The molecule has 3 atom stereocenters. The van der Waals surface area contributed by atoms with E-state index in [2.05, 4.69) is 45.5 Å². The number of likely N-dealkylation sites (tertiary alicyclic amines) is 1. The maximum absolute atomic E-state index is 4.59. The Morgan fingerprint density at radius 2 is 2.05 bits per heavy atom. The quantitative estimate of drug-likeness (QED) is 0.923. The molecule has 1 aromatic carbocycles. The third-order valence-electron chi connectivity index (χ3n) is 5.41. The molecule has 0 aromatic heterocycles. The highest BCUT2D eigenvalue weighted by molar-refractivity contribution is 5.83. The van der Waals surface area contributed by atoms with Gasteiger partial charge in [-0.3, -0.25) is 9.89 Å². The first kappa shape index (κ1) is 13.3. The van der Waals surface area contributed by atoms with Crippen LogP contribution in [-0.2, 0) is 6.54 Å². The Hall–Kier alpha value is -1.35. The minimum atomic E-state index is 0.674. The third kappa shape index (κ3) is 2.84. The van der Waals surface area contributed by atoms with E-state index < -0.39 is 0 Å². The molecular weight excluding hydrogens is 258 g/mol. The van der Waals surface area contributed by atoms with Gasteiger partial charge in [-0.15, -0.1) is 0 Å². The van der Waals surface area contributed by atoms with E-state index in [1.54, 1.807) is 0 Å². The first-order chi connectivity index (χ1) is 10.4. The summed E-state index contributed by atoms with van der Waals surface area (Å²) in [7, 11) is 0. The minimum absolute atomic E-state index is 0.674. The van der Waals surface area contributed by atoms with Gasteiger partial charge in [-0.05, 0) is 36.7 Å². The lowest BCUT2D eigenvalue weighted by Gasteiger charge is -2.22. The lowest BCUT2D eigenvalue weighted by Crippen LogP contribution is -2.39. The molecule has 1 saturated heterocycles. The Morgan fingerprint density at radius 1 is 1.14 bits per heavy atom. The molecule has 21 heavy (non-hydrogen) atoms. The number of aliphatic imine (C=N–C) groups is 1. The summed E-state index contributed by atoms with van der Waals surface area (Å²) >= 11 is 0. The van der Waals surface area contributed by atoms with Crippen molar-refractivity contribution < 1.29 is 0 Å². The average molecular weight is 283 g/mol. The molecule has 3 unspecified atom stereocenters. The zero-order chi connectivity index (χ0) is 14.1. The summed E-state index contributed by atoms with van der Waals surface area (Å²) in [4.78, 5) is 7.24. The van der Waals surface area contributed by atoms with Crippen molar-refractivity contribution in [3.63, 3.8) is 0 Å². The van der Waals surface area contributed by atoms with E-state index >= 15 is 0 Å². The minimum Gasteiger partial charge on any atom is -0.371 e. The number of hydrogen-bond acceptors (Lipinski definition) is 3. The van der Waals surface area contributed by atoms with Crippen LogP contribution in [0.5, 0.6) is 0 Å². The van der Waals surface area contributed by atoms with Crippen LogP contribution in [0.15, 0.2) is 35.3 Å². The van der Waals surface area contributed by atoms with Crippen LogP contribution >= 0.6 is 0 Å². The van der Waals surface area contributed by atoms with E-state index in [1.165, 1.54) is 50.2 Å². The Bertz CT molecular complexity index is 510. The summed E-state index contributed by atoms with van der Waals surface area (Å²) in [5.74, 6) is 3.01. The largest absolute Gasteiger partial charge is 0.371 e. The third-order valence-corrected chi connectivity index (χ3v) is 5.41. The number of nitrogens with zero attached hydrogens (tertiary/aromatic N) is 2. The van der Waals surface area contributed by atoms with E-state index in [0.717, 1.165) is 24.9 Å². The van der Waals surface area contributed by atoms with Crippen molar-refractivity contribution in [2.45, 2.75) is 38.3 Å². The fraction of sp³-hybridized carbons (Fsp3) is 0.611. The lowest BCUT2D eigenvalue weighted by molar-refractivity contribution is 0.295. The maximum atomic E-state index is 4.59. The second-order valence-electron chi connectivity index (χ2n) is 6.86. The van der Waals surface area contributed by atoms with Gasteiger partial charge in [0.2, 0.25) is 0 Å². The number of nitrogens with one attached hydrogen (secondary N) is 1. The molecular formula is C18H25N3. The predicted molar refractivity (Wildman–Crippen MR) is 86.4 cm³/mol. The van der Waals surface area contributed by atoms with Gasteiger partial charge in [0.05, 0.1) is 5.84 Å². The molecule has 112 valence electrons. The van der Waals surface area contributed by atoms with E-state index in [1.807, 2.05) is 0 Å². The Kier molecular flexibility index (Phi) is 3.68. The first-order valence-electron chi connectivity index (χ1n) is 8.44. The van der Waals surface area contributed by atoms with Crippen LogP contribution < -0.4 is 5.32 Å². The lowest BCUT2D eigenvalue weighted by atomic mass is 9.98. The summed E-state index contributed by atoms with van der Waals surface area (Å²) in [5.41, 5.74) is 1.45. The van der Waals surface area contributed by atoms with Crippen LogP contribution in [0.4, 0.5) is 0 Å². The van der Waals surface area contributed by atoms with Crippen LogP contribution in [0, 0.1) is 11.8 Å². The van der Waals surface area contributed by atoms with Gasteiger partial charge in [-0.25, -0.2) is 0 Å². The van der Waals surface area contributed by atoms with E-state index in [0.29, 0.717) is 6.04 Å². The van der Waals surface area contributed by atoms with Crippen molar-refractivity contribution >= 4 is 5.84 Å². The van der Waals surface area contributed by atoms with Crippen LogP contribution in [0.25, 0.3) is 0 Å². The van der Waals surface area contributed by atoms with Gasteiger partial charge in [-0.1, -0.05) is 30.3 Å². The molecule has 2 aliphatic heterocycles. The summed E-state index contributed by atoms with van der Waals surface area (Å²) in [6.07, 6.45) is 5.14. The van der Waals surface area contributed by atoms with E-state index in [4.69, 9.17) is 0 Å². The van der Waals surface area contributed by atoms with Crippen molar-refractivity contribution in [1.82, 2.24) is 10.2 Å². The fourth-order valence-corrected chi connectivity index (χ4v) is 4.38. The average Bonchev–Trinajstić information content (AvgIpc) is 3.20. The van der Waals surface area contributed by atoms with E-state index in [-0.39, 0.29) is 0 Å². The highest BCUT2D eigenvalue weighted by Crippen LogP contribution is 2.38. The normalized spacial score (nSPS) is 32.2. The molecule has 3 heteroatoms. The standard InChI is InChI=1S/C18H25N3/c1-2-5-14(6-3-1)11-21-12-15-8-9-17(16(15)13-21)20-18-7-4-10-19-18/h1-3,5-6,15-17H,4,7-13H2,(H,19,20). The van der Waals surface area contributed by atoms with Crippen LogP contribution in [0.1, 0.15) is 31.2 Å². The predicted octanol–water partition coefficient (Wildman–Crippen LogP) is 2.68. The molecule has 0 radical (unpaired) electrons. The van der Waals surface area contributed by atoms with Crippen LogP contribution in [0.2, 0.25) is 0 Å². The summed E-state index contributed by atoms with van der Waals surface area (Å²) in [6, 6.07) is 11.6. The van der Waals surface area contributed by atoms with Crippen LogP contribution in [0.3, 0.4) is 0 Å². The van der Waals surface area contributed by atoms with Crippen LogP contribution in [-0.4, -0.2) is 36.4 Å². The van der Waals surface area contributed by atoms with E-state index in [9.17, 15) is 0 Å². The van der Waals surface area contributed by atoms with Crippen molar-refractivity contribution in [3.8, 4) is 0 Å². The number of amidine groups is 1. The molecule has 2 fully saturated rings. The SMILES string of the molecule is c1ccc(CN2CC3CCC(NC4=NCCC4)C3C2)cc1. The number of hydrogen-bond donors (Lipinski definition) is 1. The monoisotopic (exact) mass is 283 g/mol. The molecule has 0 amide bonds. The second kappa shape index (κ2) is 5.80. The zero-order valence-electron chi connectivity index (χ0n) is 12.7. The Morgan fingerprint density at radius 3 is 2.86 bits per heavy atom. The highest BCUT2D eigenvalue weighted by atomic mass is 15.2. The molecule has 4 rings (SSSR count). The van der Waals surface area contributed by atoms with Gasteiger partial charge in [0, 0.05) is 38.6 Å². The Labute approximate surface area is 127 Å². The number of benzene rings is 1. The van der Waals surface area contributed by atoms with Gasteiger partial charge in [0.15, 0.2) is 0 Å². The Balaban J connectivity index is 1.36. The van der Waals surface area contributed by atoms with Gasteiger partial charge in [0.1, 0.15) is 0 Å². The number of rotatable bonds is 3. The van der Waals surface area contributed by atoms with Gasteiger partial charge in [-0.2, -0.15) is 0 Å². The highest BCUT2D eigenvalue weighted by Gasteiger charge is 2.42. The number of fused-ring (bicyclic) bond motifs is 1. The van der Waals surface area contributed by atoms with Gasteiger partial charge in [0.25, 0.3) is 0 Å². The second-order valence-corrected chi connectivity index (χ2v) is 6.86. The maximum Gasteiger partial charge on any atom is 0.0965 e. The molecule has 1 aliphatic carbocycles. The smallest absolute Gasteiger partial charge is 0.0965 e. The molecule has 0 spiro atoms. The molecule has 2 heterocycles. The zero-order valence-corrected chi connectivity index (χ0v) is 12.7. The van der Waals surface area contributed by atoms with Crippen molar-refractivity contribution in [1.29, 1.82) is 0 Å². The van der Waals surface area contributed by atoms with Gasteiger partial charge >= 0.3 is 0 Å².